The highest BCUT2D eigenvalue weighted by Crippen LogP contribution is 2.38. The lowest BCUT2D eigenvalue weighted by molar-refractivity contribution is -0.121. The summed E-state index contributed by atoms with van der Waals surface area (Å²) >= 11 is 0. The minimum Gasteiger partial charge on any atom is -0.479 e. The summed E-state index contributed by atoms with van der Waals surface area (Å²) in [5.41, 5.74) is 0.920. The number of nitrogens with one attached hydrogen (secondary N) is 1. The van der Waals surface area contributed by atoms with Crippen molar-refractivity contribution in [2.24, 2.45) is 5.41 Å². The van der Waals surface area contributed by atoms with Crippen molar-refractivity contribution in [3.05, 3.63) is 29.8 Å². The summed E-state index contributed by atoms with van der Waals surface area (Å²) in [6.45, 7) is 0.810. The molecule has 5 nitrogen and oxygen atoms in total. The lowest BCUT2D eigenvalue weighted by Gasteiger charge is -2.37. The number of ether oxygens (including phenoxy) is 1. The van der Waals surface area contributed by atoms with Crippen molar-refractivity contribution in [2.45, 2.75) is 44.9 Å². The van der Waals surface area contributed by atoms with Gasteiger partial charge in [-0.1, -0.05) is 31.4 Å². The lowest BCUT2D eigenvalue weighted by atomic mass is 9.72. The van der Waals surface area contributed by atoms with Gasteiger partial charge in [-0.2, -0.15) is 5.26 Å². The zero-order valence-electron chi connectivity index (χ0n) is 14.1. The standard InChI is InChI=1S/C19H26N2O3/c20-10-12-24-17-6-4-5-16(13-17)14-18(23)21-15-19(9-11-22)7-2-1-3-8-19/h4-6,13,22H,1-3,7-9,11-12,14-15H2,(H,21,23). The van der Waals surface area contributed by atoms with Crippen LogP contribution in [0.4, 0.5) is 0 Å². The number of hydrogen-bond acceptors (Lipinski definition) is 4. The van der Waals surface area contributed by atoms with Gasteiger partial charge in [0.05, 0.1) is 6.42 Å². The molecule has 1 aliphatic rings. The molecule has 1 amide bonds. The van der Waals surface area contributed by atoms with Crippen molar-refractivity contribution in [2.75, 3.05) is 19.8 Å². The molecule has 0 atom stereocenters. The van der Waals surface area contributed by atoms with Gasteiger partial charge < -0.3 is 15.2 Å². The summed E-state index contributed by atoms with van der Waals surface area (Å²) in [7, 11) is 0. The average Bonchev–Trinajstić information content (AvgIpc) is 2.60. The van der Waals surface area contributed by atoms with E-state index in [0.29, 0.717) is 18.7 Å². The van der Waals surface area contributed by atoms with Gasteiger partial charge in [0.1, 0.15) is 11.8 Å². The average molecular weight is 330 g/mol. The first-order valence-corrected chi connectivity index (χ1v) is 8.64. The van der Waals surface area contributed by atoms with Gasteiger partial charge in [0.2, 0.25) is 5.91 Å². The van der Waals surface area contributed by atoms with E-state index in [-0.39, 0.29) is 24.5 Å². The van der Waals surface area contributed by atoms with Crippen LogP contribution in [0.3, 0.4) is 0 Å². The van der Waals surface area contributed by atoms with Crippen LogP contribution in [0.25, 0.3) is 0 Å². The maximum absolute atomic E-state index is 12.3. The summed E-state index contributed by atoms with van der Waals surface area (Å²) in [6, 6.07) is 9.20. The third-order valence-electron chi connectivity index (χ3n) is 4.78. The molecule has 2 N–H and O–H groups in total. The maximum Gasteiger partial charge on any atom is 0.224 e. The van der Waals surface area contributed by atoms with Crippen LogP contribution in [0, 0.1) is 16.7 Å². The molecule has 0 aliphatic heterocycles. The zero-order chi connectivity index (χ0) is 17.3. The number of aliphatic hydroxyl groups excluding tert-OH is 1. The number of benzene rings is 1. The van der Waals surface area contributed by atoms with E-state index < -0.39 is 0 Å². The molecule has 24 heavy (non-hydrogen) atoms. The van der Waals surface area contributed by atoms with Gasteiger partial charge in [-0.25, -0.2) is 0 Å². The van der Waals surface area contributed by atoms with Gasteiger partial charge in [0.25, 0.3) is 0 Å². The highest BCUT2D eigenvalue weighted by molar-refractivity contribution is 5.78. The Labute approximate surface area is 143 Å². The molecule has 1 aromatic carbocycles. The first-order chi connectivity index (χ1) is 11.7. The van der Waals surface area contributed by atoms with Crippen molar-refractivity contribution < 1.29 is 14.6 Å². The number of amides is 1. The maximum atomic E-state index is 12.3. The Bertz CT molecular complexity index is 569. The number of nitriles is 1. The van der Waals surface area contributed by atoms with Crippen molar-refractivity contribution in [1.29, 1.82) is 5.26 Å². The van der Waals surface area contributed by atoms with Crippen LogP contribution in [0.15, 0.2) is 24.3 Å². The molecule has 0 unspecified atom stereocenters. The molecule has 0 aromatic heterocycles. The van der Waals surface area contributed by atoms with Crippen LogP contribution in [-0.2, 0) is 11.2 Å². The fourth-order valence-electron chi connectivity index (χ4n) is 3.45. The number of aliphatic hydroxyl groups is 1. The molecule has 2 rings (SSSR count). The Morgan fingerprint density at radius 1 is 1.33 bits per heavy atom. The molecule has 0 bridgehead atoms. The van der Waals surface area contributed by atoms with E-state index in [2.05, 4.69) is 5.32 Å². The summed E-state index contributed by atoms with van der Waals surface area (Å²) in [5, 5.41) is 20.9. The highest BCUT2D eigenvalue weighted by Gasteiger charge is 2.31. The van der Waals surface area contributed by atoms with Crippen LogP contribution in [0.5, 0.6) is 5.75 Å². The summed E-state index contributed by atoms with van der Waals surface area (Å²) in [6.07, 6.45) is 6.79. The SMILES string of the molecule is N#CCOc1cccc(CC(=O)NCC2(CCO)CCCCC2)c1. The second-order valence-corrected chi connectivity index (χ2v) is 6.58. The molecule has 0 spiro atoms. The van der Waals surface area contributed by atoms with Crippen LogP contribution in [0.2, 0.25) is 0 Å². The molecule has 0 saturated heterocycles. The van der Waals surface area contributed by atoms with Gasteiger partial charge in [0, 0.05) is 13.2 Å². The summed E-state index contributed by atoms with van der Waals surface area (Å²) in [4.78, 5) is 12.3. The number of carbonyl (C=O) groups is 1. The minimum atomic E-state index is -0.0182. The fraction of sp³-hybridized carbons (Fsp3) is 0.579. The molecule has 1 aliphatic carbocycles. The van der Waals surface area contributed by atoms with Crippen molar-refractivity contribution in [1.82, 2.24) is 5.32 Å². The molecule has 0 radical (unpaired) electrons. The van der Waals surface area contributed by atoms with Crippen molar-refractivity contribution in [3.8, 4) is 11.8 Å². The van der Waals surface area contributed by atoms with E-state index in [4.69, 9.17) is 10.00 Å². The van der Waals surface area contributed by atoms with Crippen molar-refractivity contribution >= 4 is 5.91 Å². The number of nitrogens with zero attached hydrogens (tertiary/aromatic N) is 1. The van der Waals surface area contributed by atoms with E-state index in [1.807, 2.05) is 18.2 Å². The van der Waals surface area contributed by atoms with Crippen LogP contribution >= 0.6 is 0 Å². The molecular formula is C19H26N2O3. The van der Waals surface area contributed by atoms with Crippen LogP contribution < -0.4 is 10.1 Å². The first kappa shape index (κ1) is 18.3. The summed E-state index contributed by atoms with van der Waals surface area (Å²) in [5.74, 6) is 0.584. The number of hydrogen-bond donors (Lipinski definition) is 2. The Kier molecular flexibility index (Phi) is 7.07. The molecular weight excluding hydrogens is 304 g/mol. The zero-order valence-corrected chi connectivity index (χ0v) is 14.1. The summed E-state index contributed by atoms with van der Waals surface area (Å²) < 4.78 is 5.26. The van der Waals surface area contributed by atoms with E-state index in [9.17, 15) is 9.90 Å². The van der Waals surface area contributed by atoms with Crippen molar-refractivity contribution in [3.63, 3.8) is 0 Å². The van der Waals surface area contributed by atoms with Gasteiger partial charge in [-0.3, -0.25) is 4.79 Å². The van der Waals surface area contributed by atoms with Gasteiger partial charge >= 0.3 is 0 Å². The third kappa shape index (κ3) is 5.54. The Hall–Kier alpha value is -2.06. The van der Waals surface area contributed by atoms with E-state index in [1.54, 1.807) is 12.1 Å². The topological polar surface area (TPSA) is 82.3 Å². The minimum absolute atomic E-state index is 0.000665. The fourth-order valence-corrected chi connectivity index (χ4v) is 3.45. The van der Waals surface area contributed by atoms with Crippen LogP contribution in [-0.4, -0.2) is 30.8 Å². The Morgan fingerprint density at radius 2 is 2.12 bits per heavy atom. The number of rotatable bonds is 8. The quantitative estimate of drug-likeness (QED) is 0.767. The van der Waals surface area contributed by atoms with E-state index in [0.717, 1.165) is 24.8 Å². The normalized spacial score (nSPS) is 16.2. The Morgan fingerprint density at radius 3 is 2.83 bits per heavy atom. The van der Waals surface area contributed by atoms with E-state index in [1.165, 1.54) is 19.3 Å². The second kappa shape index (κ2) is 9.29. The second-order valence-electron chi connectivity index (χ2n) is 6.58. The molecule has 1 aromatic rings. The molecule has 5 heteroatoms. The number of carbonyl (C=O) groups excluding carboxylic acids is 1. The molecule has 130 valence electrons. The van der Waals surface area contributed by atoms with Crippen LogP contribution in [0.1, 0.15) is 44.1 Å². The third-order valence-corrected chi connectivity index (χ3v) is 4.78. The lowest BCUT2D eigenvalue weighted by Crippen LogP contribution is -2.40. The predicted molar refractivity (Wildman–Crippen MR) is 91.5 cm³/mol. The predicted octanol–water partition coefficient (Wildman–Crippen LogP) is 2.58. The highest BCUT2D eigenvalue weighted by atomic mass is 16.5. The monoisotopic (exact) mass is 330 g/mol. The van der Waals surface area contributed by atoms with E-state index >= 15 is 0 Å². The molecule has 1 fully saturated rings. The Balaban J connectivity index is 1.87. The van der Waals surface area contributed by atoms with Gasteiger partial charge in [0.15, 0.2) is 6.61 Å². The van der Waals surface area contributed by atoms with Gasteiger partial charge in [-0.05, 0) is 42.4 Å². The molecule has 0 heterocycles. The smallest absolute Gasteiger partial charge is 0.224 e. The molecule has 1 saturated carbocycles. The van der Waals surface area contributed by atoms with Gasteiger partial charge in [-0.15, -0.1) is 0 Å². The first-order valence-electron chi connectivity index (χ1n) is 8.64. The largest absolute Gasteiger partial charge is 0.479 e.